The first kappa shape index (κ1) is 17.4. The highest BCUT2D eigenvalue weighted by Gasteiger charge is 2.37. The molecule has 0 saturated carbocycles. The van der Waals surface area contributed by atoms with Crippen LogP contribution in [0.25, 0.3) is 0 Å². The molecule has 0 atom stereocenters. The molecule has 1 aromatic carbocycles. The summed E-state index contributed by atoms with van der Waals surface area (Å²) in [5.74, 6) is -2.07. The van der Waals surface area contributed by atoms with Crippen molar-refractivity contribution in [1.82, 2.24) is 9.71 Å². The van der Waals surface area contributed by atoms with Gasteiger partial charge < -0.3 is 10.4 Å². The van der Waals surface area contributed by atoms with Gasteiger partial charge in [-0.1, -0.05) is 0 Å². The molecule has 0 unspecified atom stereocenters. The third kappa shape index (κ3) is 3.35. The van der Waals surface area contributed by atoms with Crippen molar-refractivity contribution in [1.29, 1.82) is 5.26 Å². The highest BCUT2D eigenvalue weighted by atomic mass is 32.2. The van der Waals surface area contributed by atoms with E-state index in [1.54, 1.807) is 4.72 Å². The van der Waals surface area contributed by atoms with Gasteiger partial charge in [0.2, 0.25) is 0 Å². The predicted molar refractivity (Wildman–Crippen MR) is 88.8 cm³/mol. The molecule has 0 radical (unpaired) electrons. The molecule has 1 amide bonds. The molecule has 1 aliphatic heterocycles. The van der Waals surface area contributed by atoms with Crippen LogP contribution >= 0.6 is 0 Å². The van der Waals surface area contributed by atoms with Gasteiger partial charge in [0.25, 0.3) is 5.91 Å². The predicted octanol–water partition coefficient (Wildman–Crippen LogP) is 0.591. The normalized spacial score (nSPS) is 15.4. The zero-order chi connectivity index (χ0) is 18.9. The molecule has 11 heteroatoms. The number of anilines is 2. The minimum atomic E-state index is -4.23. The Morgan fingerprint density at radius 1 is 1.42 bits per heavy atom. The van der Waals surface area contributed by atoms with Gasteiger partial charge in [0.1, 0.15) is 23.8 Å². The summed E-state index contributed by atoms with van der Waals surface area (Å²) in [4.78, 5) is 15.3. The summed E-state index contributed by atoms with van der Waals surface area (Å²) in [5.41, 5.74) is 0.101. The minimum Gasteiger partial charge on any atom is -0.506 e. The lowest BCUT2D eigenvalue weighted by Gasteiger charge is -2.18. The molecule has 9 nitrogen and oxygen atoms in total. The molecule has 1 saturated heterocycles. The smallest absolute Gasteiger partial charge is 0.326 e. The van der Waals surface area contributed by atoms with Crippen LogP contribution in [0.3, 0.4) is 0 Å². The molecule has 3 rings (SSSR count). The number of aromatic nitrogens is 1. The highest BCUT2D eigenvalue weighted by molar-refractivity contribution is 7.92. The number of nitrogens with one attached hydrogen (secondary N) is 2. The second kappa shape index (κ2) is 6.49. The fraction of sp³-hybridized carbons (Fsp3) is 0.133. The van der Waals surface area contributed by atoms with E-state index in [1.807, 2.05) is 6.07 Å². The number of phenolic OH excluding ortho intramolecular Hbond substituents is 1. The average molecular weight is 377 g/mol. The summed E-state index contributed by atoms with van der Waals surface area (Å²) in [6.45, 7) is -0.550. The van der Waals surface area contributed by atoms with E-state index in [2.05, 4.69) is 10.3 Å². The number of nitriles is 1. The number of amides is 1. The summed E-state index contributed by atoms with van der Waals surface area (Å²) >= 11 is 0. The standard InChI is InChI=1S/C15H12FN5O4S/c16-11-3-10(7-19-13-5-9(6-17)1-2-18-13)4-12(22)15(11)21-8-14(23)20-26(21,24)25/h1-5,22H,7-8H2,(H,18,19)(H,20,23). The van der Waals surface area contributed by atoms with E-state index in [9.17, 15) is 22.7 Å². The number of nitrogens with zero attached hydrogens (tertiary/aromatic N) is 3. The molecule has 0 spiro atoms. The Morgan fingerprint density at radius 3 is 2.81 bits per heavy atom. The fourth-order valence-electron chi connectivity index (χ4n) is 2.42. The molecule has 1 aliphatic rings. The minimum absolute atomic E-state index is 0.0660. The van der Waals surface area contributed by atoms with E-state index in [4.69, 9.17) is 5.26 Å². The van der Waals surface area contributed by atoms with E-state index >= 15 is 0 Å². The van der Waals surface area contributed by atoms with Crippen LogP contribution in [-0.4, -0.2) is 31.0 Å². The fourth-order valence-corrected chi connectivity index (χ4v) is 3.59. The van der Waals surface area contributed by atoms with Gasteiger partial charge in [0.05, 0.1) is 11.6 Å². The first-order valence-electron chi connectivity index (χ1n) is 7.25. The number of carbonyl (C=O) groups excluding carboxylic acids is 1. The zero-order valence-corrected chi connectivity index (χ0v) is 13.9. The highest BCUT2D eigenvalue weighted by Crippen LogP contribution is 2.34. The molecule has 0 aliphatic carbocycles. The lowest BCUT2D eigenvalue weighted by molar-refractivity contribution is -0.117. The number of phenols is 1. The molecular formula is C15H12FN5O4S. The van der Waals surface area contributed by atoms with Gasteiger partial charge in [-0.3, -0.25) is 4.79 Å². The van der Waals surface area contributed by atoms with E-state index in [1.165, 1.54) is 24.4 Å². The summed E-state index contributed by atoms with van der Waals surface area (Å²) in [6.07, 6.45) is 1.43. The maximum absolute atomic E-state index is 14.4. The van der Waals surface area contributed by atoms with E-state index < -0.39 is 39.9 Å². The van der Waals surface area contributed by atoms with Gasteiger partial charge in [-0.05, 0) is 29.8 Å². The lowest BCUT2D eigenvalue weighted by atomic mass is 10.1. The number of pyridine rings is 1. The summed E-state index contributed by atoms with van der Waals surface area (Å²) in [6, 6.07) is 7.20. The third-order valence-corrected chi connectivity index (χ3v) is 4.91. The summed E-state index contributed by atoms with van der Waals surface area (Å²) in [7, 11) is -4.23. The number of carbonyl (C=O) groups is 1. The van der Waals surface area contributed by atoms with Crippen molar-refractivity contribution in [2.24, 2.45) is 0 Å². The maximum Gasteiger partial charge on any atom is 0.326 e. The second-order valence-electron chi connectivity index (χ2n) is 5.38. The second-order valence-corrected chi connectivity index (χ2v) is 6.97. The van der Waals surface area contributed by atoms with Gasteiger partial charge in [-0.2, -0.15) is 13.7 Å². The Bertz CT molecular complexity index is 1010. The molecule has 1 fully saturated rings. The maximum atomic E-state index is 14.4. The van der Waals surface area contributed by atoms with Crippen LogP contribution in [0.1, 0.15) is 11.1 Å². The third-order valence-electron chi connectivity index (χ3n) is 3.54. The molecule has 2 heterocycles. The van der Waals surface area contributed by atoms with Crippen LogP contribution in [0.4, 0.5) is 15.9 Å². The Hall–Kier alpha value is -3.39. The van der Waals surface area contributed by atoms with Crippen LogP contribution in [0.5, 0.6) is 5.75 Å². The van der Waals surface area contributed by atoms with Crippen molar-refractivity contribution < 1.29 is 22.7 Å². The number of hydrogen-bond acceptors (Lipinski definition) is 7. The first-order valence-corrected chi connectivity index (χ1v) is 8.69. The SMILES string of the molecule is N#Cc1ccnc(NCc2cc(O)c(N3CC(=O)NS3(=O)=O)c(F)c2)c1. The largest absolute Gasteiger partial charge is 0.506 e. The van der Waals surface area contributed by atoms with Gasteiger partial charge >= 0.3 is 10.2 Å². The molecular weight excluding hydrogens is 365 g/mol. The number of rotatable bonds is 4. The molecule has 3 N–H and O–H groups in total. The van der Waals surface area contributed by atoms with Crippen molar-refractivity contribution >= 4 is 27.6 Å². The number of aromatic hydroxyl groups is 1. The van der Waals surface area contributed by atoms with Crippen molar-refractivity contribution in [2.75, 3.05) is 16.2 Å². The molecule has 134 valence electrons. The van der Waals surface area contributed by atoms with E-state index in [-0.39, 0.29) is 6.54 Å². The topological polar surface area (TPSA) is 135 Å². The van der Waals surface area contributed by atoms with Crippen molar-refractivity contribution in [2.45, 2.75) is 6.54 Å². The molecule has 26 heavy (non-hydrogen) atoms. The number of hydrogen-bond donors (Lipinski definition) is 3. The Labute approximate surface area is 147 Å². The Morgan fingerprint density at radius 2 is 2.19 bits per heavy atom. The van der Waals surface area contributed by atoms with Crippen molar-refractivity contribution in [3.05, 3.63) is 47.4 Å². The Kier molecular flexibility index (Phi) is 4.35. The zero-order valence-electron chi connectivity index (χ0n) is 13.1. The average Bonchev–Trinajstić information content (AvgIpc) is 2.85. The van der Waals surface area contributed by atoms with Crippen molar-refractivity contribution in [3.8, 4) is 11.8 Å². The number of halogens is 1. The van der Waals surface area contributed by atoms with Crippen LogP contribution < -0.4 is 14.3 Å². The van der Waals surface area contributed by atoms with Gasteiger partial charge in [-0.25, -0.2) is 18.4 Å². The molecule has 1 aromatic heterocycles. The first-order chi connectivity index (χ1) is 12.3. The van der Waals surface area contributed by atoms with Gasteiger partial charge in [0.15, 0.2) is 5.82 Å². The van der Waals surface area contributed by atoms with Crippen LogP contribution in [0.2, 0.25) is 0 Å². The van der Waals surface area contributed by atoms with Gasteiger partial charge in [-0.15, -0.1) is 0 Å². The van der Waals surface area contributed by atoms with E-state index in [0.717, 1.165) is 6.07 Å². The number of benzene rings is 1. The van der Waals surface area contributed by atoms with Crippen LogP contribution in [0.15, 0.2) is 30.5 Å². The van der Waals surface area contributed by atoms with Crippen molar-refractivity contribution in [3.63, 3.8) is 0 Å². The van der Waals surface area contributed by atoms with Crippen LogP contribution in [-0.2, 0) is 21.5 Å². The monoisotopic (exact) mass is 377 g/mol. The summed E-state index contributed by atoms with van der Waals surface area (Å²) in [5, 5.41) is 21.8. The summed E-state index contributed by atoms with van der Waals surface area (Å²) < 4.78 is 40.2. The van der Waals surface area contributed by atoms with Gasteiger partial charge in [0, 0.05) is 12.7 Å². The van der Waals surface area contributed by atoms with Crippen LogP contribution in [0, 0.1) is 17.1 Å². The molecule has 2 aromatic rings. The lowest BCUT2D eigenvalue weighted by Crippen LogP contribution is -2.30. The molecule has 0 bridgehead atoms. The Balaban J connectivity index is 1.84. The van der Waals surface area contributed by atoms with E-state index in [0.29, 0.717) is 21.2 Å². The quantitative estimate of drug-likeness (QED) is 0.709.